The van der Waals surface area contributed by atoms with E-state index in [1.807, 2.05) is 6.92 Å². The predicted molar refractivity (Wildman–Crippen MR) is 72.1 cm³/mol. The van der Waals surface area contributed by atoms with E-state index in [4.69, 9.17) is 4.74 Å². The maximum Gasteiger partial charge on any atom is 0.334 e. The summed E-state index contributed by atoms with van der Waals surface area (Å²) < 4.78 is 19.1. The molecule has 1 aliphatic heterocycles. The molecule has 5 heteroatoms. The predicted octanol–water partition coefficient (Wildman–Crippen LogP) is 2.57. The molecule has 0 bridgehead atoms. The van der Waals surface area contributed by atoms with Crippen LogP contribution in [-0.2, 0) is 14.3 Å². The normalized spacial score (nSPS) is 16.8. The molecule has 106 valence electrons. The first-order valence-corrected chi connectivity index (χ1v) is 6.40. The van der Waals surface area contributed by atoms with Gasteiger partial charge >= 0.3 is 5.97 Å². The number of benzene rings is 1. The zero-order valence-electron chi connectivity index (χ0n) is 11.6. The Morgan fingerprint density at radius 3 is 2.70 bits per heavy atom. The molecule has 0 saturated heterocycles. The maximum absolute atomic E-state index is 14.2. The molecule has 0 fully saturated rings. The third-order valence-electron chi connectivity index (χ3n) is 3.28. The van der Waals surface area contributed by atoms with Crippen molar-refractivity contribution in [2.45, 2.75) is 26.8 Å². The first-order chi connectivity index (χ1) is 9.47. The zero-order chi connectivity index (χ0) is 14.9. The fourth-order valence-electron chi connectivity index (χ4n) is 2.34. The molecule has 1 heterocycles. The molecule has 1 atom stereocenters. The molecule has 0 aromatic heterocycles. The first kappa shape index (κ1) is 14.2. The topological polar surface area (TPSA) is 46.6 Å². The van der Waals surface area contributed by atoms with Gasteiger partial charge in [-0.25, -0.2) is 9.18 Å². The molecule has 20 heavy (non-hydrogen) atoms. The van der Waals surface area contributed by atoms with Gasteiger partial charge in [0, 0.05) is 18.7 Å². The summed E-state index contributed by atoms with van der Waals surface area (Å²) in [6.45, 7) is 5.00. The number of fused-ring (bicyclic) bond motifs is 1. The number of hydrogen-bond donors (Lipinski definition) is 0. The minimum absolute atomic E-state index is 0.174. The van der Waals surface area contributed by atoms with Crippen molar-refractivity contribution >= 4 is 18.0 Å². The molecule has 1 aromatic carbocycles. The van der Waals surface area contributed by atoms with Crippen molar-refractivity contribution in [3.05, 3.63) is 40.8 Å². The largest absolute Gasteiger partial charge is 0.464 e. The number of aryl methyl sites for hydroxylation is 1. The van der Waals surface area contributed by atoms with E-state index < -0.39 is 17.8 Å². The Balaban J connectivity index is 2.61. The summed E-state index contributed by atoms with van der Waals surface area (Å²) >= 11 is 0. The minimum Gasteiger partial charge on any atom is -0.464 e. The second-order valence-electron chi connectivity index (χ2n) is 4.59. The fourth-order valence-corrected chi connectivity index (χ4v) is 2.34. The second-order valence-corrected chi connectivity index (χ2v) is 4.59. The fraction of sp³-hybridized carbons (Fsp3) is 0.333. The van der Waals surface area contributed by atoms with Gasteiger partial charge in [-0.1, -0.05) is 6.07 Å². The van der Waals surface area contributed by atoms with Crippen LogP contribution in [0.25, 0.3) is 6.08 Å². The Bertz CT molecular complexity index is 595. The van der Waals surface area contributed by atoms with Crippen LogP contribution in [0.5, 0.6) is 0 Å². The van der Waals surface area contributed by atoms with E-state index >= 15 is 0 Å². The maximum atomic E-state index is 14.2. The van der Waals surface area contributed by atoms with Gasteiger partial charge in [0.25, 0.3) is 0 Å². The van der Waals surface area contributed by atoms with Crippen LogP contribution in [0.1, 0.15) is 36.6 Å². The van der Waals surface area contributed by atoms with Crippen molar-refractivity contribution < 1.29 is 18.7 Å². The summed E-state index contributed by atoms with van der Waals surface area (Å²) in [7, 11) is 0. The number of hydrogen-bond acceptors (Lipinski definition) is 3. The number of carbonyl (C=O) groups is 2. The average molecular weight is 277 g/mol. The summed E-state index contributed by atoms with van der Waals surface area (Å²) in [4.78, 5) is 25.0. The number of nitrogens with zero attached hydrogens (tertiary/aromatic N) is 1. The van der Waals surface area contributed by atoms with Crippen molar-refractivity contribution in [3.8, 4) is 0 Å². The van der Waals surface area contributed by atoms with Crippen molar-refractivity contribution in [2.75, 3.05) is 6.61 Å². The van der Waals surface area contributed by atoms with E-state index in [1.54, 1.807) is 19.1 Å². The van der Waals surface area contributed by atoms with Gasteiger partial charge in [0.2, 0.25) is 5.91 Å². The average Bonchev–Trinajstić information content (AvgIpc) is 2.41. The van der Waals surface area contributed by atoms with E-state index in [9.17, 15) is 14.0 Å². The Labute approximate surface area is 116 Å². The van der Waals surface area contributed by atoms with Crippen LogP contribution >= 0.6 is 0 Å². The van der Waals surface area contributed by atoms with Crippen LogP contribution in [0.2, 0.25) is 0 Å². The Morgan fingerprint density at radius 1 is 1.40 bits per heavy atom. The van der Waals surface area contributed by atoms with Gasteiger partial charge in [-0.15, -0.1) is 0 Å². The lowest BCUT2D eigenvalue weighted by Gasteiger charge is -2.31. The van der Waals surface area contributed by atoms with Crippen molar-refractivity contribution in [1.29, 1.82) is 0 Å². The van der Waals surface area contributed by atoms with Gasteiger partial charge in [0.1, 0.15) is 5.82 Å². The van der Waals surface area contributed by atoms with Crippen molar-refractivity contribution in [2.24, 2.45) is 0 Å². The molecule has 0 saturated carbocycles. The van der Waals surface area contributed by atoms with E-state index in [0.717, 1.165) is 5.56 Å². The highest BCUT2D eigenvalue weighted by atomic mass is 19.1. The lowest BCUT2D eigenvalue weighted by Crippen LogP contribution is -2.37. The summed E-state index contributed by atoms with van der Waals surface area (Å²) in [5, 5.41) is 0. The Morgan fingerprint density at radius 2 is 2.10 bits per heavy atom. The molecule has 1 amide bonds. The van der Waals surface area contributed by atoms with E-state index in [2.05, 4.69) is 0 Å². The Kier molecular flexibility index (Phi) is 3.88. The van der Waals surface area contributed by atoms with Gasteiger partial charge in [-0.05, 0) is 37.1 Å². The van der Waals surface area contributed by atoms with Crippen LogP contribution in [0.15, 0.2) is 18.3 Å². The van der Waals surface area contributed by atoms with Gasteiger partial charge in [0.05, 0.1) is 6.61 Å². The quantitative estimate of drug-likeness (QED) is 0.780. The second kappa shape index (κ2) is 5.45. The highest BCUT2D eigenvalue weighted by Gasteiger charge is 2.36. The molecule has 1 unspecified atom stereocenters. The van der Waals surface area contributed by atoms with E-state index in [1.165, 1.54) is 24.1 Å². The minimum atomic E-state index is -1.06. The molecule has 0 aliphatic carbocycles. The number of carbonyl (C=O) groups excluding carboxylic acids is 2. The third-order valence-corrected chi connectivity index (χ3v) is 3.28. The summed E-state index contributed by atoms with van der Waals surface area (Å²) in [6.07, 6.45) is 3.14. The van der Waals surface area contributed by atoms with Gasteiger partial charge < -0.3 is 9.64 Å². The van der Waals surface area contributed by atoms with Crippen molar-refractivity contribution in [1.82, 2.24) is 4.90 Å². The monoisotopic (exact) mass is 277 g/mol. The molecule has 1 aromatic rings. The number of rotatable bonds is 2. The van der Waals surface area contributed by atoms with Gasteiger partial charge in [-0.3, -0.25) is 4.79 Å². The molecule has 2 rings (SSSR count). The molecule has 1 aliphatic rings. The smallest absolute Gasteiger partial charge is 0.334 e. The SMILES string of the molecule is CCOC(=O)C1c2c(F)ccc(C)c2C=CN1C(C)=O. The Hall–Kier alpha value is -2.17. The van der Waals surface area contributed by atoms with Crippen LogP contribution < -0.4 is 0 Å². The summed E-state index contributed by atoms with van der Waals surface area (Å²) in [6, 6.07) is 1.88. The molecule has 0 radical (unpaired) electrons. The number of halogens is 1. The van der Waals surface area contributed by atoms with Crippen molar-refractivity contribution in [3.63, 3.8) is 0 Å². The van der Waals surface area contributed by atoms with Crippen LogP contribution in [-0.4, -0.2) is 23.4 Å². The molecule has 0 N–H and O–H groups in total. The van der Waals surface area contributed by atoms with E-state index in [0.29, 0.717) is 5.56 Å². The first-order valence-electron chi connectivity index (χ1n) is 6.40. The van der Waals surface area contributed by atoms with Gasteiger partial charge in [-0.2, -0.15) is 0 Å². The highest BCUT2D eigenvalue weighted by molar-refractivity contribution is 5.88. The summed E-state index contributed by atoms with van der Waals surface area (Å²) in [5.74, 6) is -1.48. The number of amides is 1. The lowest BCUT2D eigenvalue weighted by molar-refractivity contribution is -0.152. The number of esters is 1. The molecule has 0 spiro atoms. The molecular formula is C15H16FNO3. The summed E-state index contributed by atoms with van der Waals surface area (Å²) in [5.41, 5.74) is 1.66. The third kappa shape index (κ3) is 2.31. The van der Waals surface area contributed by atoms with Crippen LogP contribution in [0.3, 0.4) is 0 Å². The standard InChI is InChI=1S/C15H16FNO3/c1-4-20-15(19)14-13-11(7-8-17(14)10(3)18)9(2)5-6-12(13)16/h5-8,14H,4H2,1-3H3. The van der Waals surface area contributed by atoms with E-state index in [-0.39, 0.29) is 18.1 Å². The number of ether oxygens (including phenoxy) is 1. The highest BCUT2D eigenvalue weighted by Crippen LogP contribution is 2.35. The molecule has 4 nitrogen and oxygen atoms in total. The van der Waals surface area contributed by atoms with Crippen LogP contribution in [0.4, 0.5) is 4.39 Å². The van der Waals surface area contributed by atoms with Crippen LogP contribution in [0, 0.1) is 12.7 Å². The lowest BCUT2D eigenvalue weighted by atomic mass is 9.92. The molecular weight excluding hydrogens is 261 g/mol. The zero-order valence-corrected chi connectivity index (χ0v) is 11.6. The van der Waals surface area contributed by atoms with Gasteiger partial charge in [0.15, 0.2) is 6.04 Å².